The van der Waals surface area contributed by atoms with Gasteiger partial charge in [-0.15, -0.1) is 0 Å². The van der Waals surface area contributed by atoms with Crippen molar-refractivity contribution in [3.8, 4) is 40.1 Å². The molecule has 13 nitrogen and oxygen atoms in total. The summed E-state index contributed by atoms with van der Waals surface area (Å²) < 4.78 is 15.4. The molecule has 0 radical (unpaired) electrons. The van der Waals surface area contributed by atoms with Crippen LogP contribution in [-0.4, -0.2) is 77.5 Å². The Hall–Kier alpha value is -3.88. The number of hydrogen-bond donors (Lipinski definition) is 8. The van der Waals surface area contributed by atoms with Crippen LogP contribution in [0, 0.1) is 0 Å². The summed E-state index contributed by atoms with van der Waals surface area (Å²) in [4.78, 5) is 25.9. The first-order valence-corrected chi connectivity index (χ1v) is 9.64. The molecular weight excluding hydrogens is 460 g/mol. The second-order valence-corrected chi connectivity index (χ2v) is 7.47. The van der Waals surface area contributed by atoms with Crippen molar-refractivity contribution in [2.45, 2.75) is 30.7 Å². The quantitative estimate of drug-likeness (QED) is 0.167. The van der Waals surface area contributed by atoms with Crippen LogP contribution in [0.3, 0.4) is 0 Å². The number of aliphatic hydroxyl groups excluding tert-OH is 4. The third-order valence-electron chi connectivity index (χ3n) is 5.18. The van der Waals surface area contributed by atoms with E-state index in [-0.39, 0.29) is 11.1 Å². The van der Waals surface area contributed by atoms with Gasteiger partial charge in [0.1, 0.15) is 40.8 Å². The number of hydrogen-bond acceptors (Lipinski definition) is 13. The van der Waals surface area contributed by atoms with E-state index in [4.69, 9.17) is 13.9 Å². The van der Waals surface area contributed by atoms with Gasteiger partial charge in [-0.3, -0.25) is 4.79 Å². The summed E-state index contributed by atoms with van der Waals surface area (Å²) in [7, 11) is 0. The number of phenols is 4. The fraction of sp³-hybridized carbons (Fsp3) is 0.238. The smallest absolute Gasteiger partial charge is 0.343 e. The van der Waals surface area contributed by atoms with Gasteiger partial charge in [0.2, 0.25) is 11.2 Å². The number of ether oxygens (including phenoxy) is 2. The Labute approximate surface area is 188 Å². The summed E-state index contributed by atoms with van der Waals surface area (Å²) in [5, 5.41) is 77.9. The van der Waals surface area contributed by atoms with Gasteiger partial charge in [-0.05, 0) is 18.2 Å². The Bertz CT molecular complexity index is 1330. The van der Waals surface area contributed by atoms with Crippen molar-refractivity contribution in [3.63, 3.8) is 0 Å². The second kappa shape index (κ2) is 8.48. The molecule has 0 aliphatic carbocycles. The van der Waals surface area contributed by atoms with Crippen molar-refractivity contribution in [2.24, 2.45) is 0 Å². The monoisotopic (exact) mass is 478 g/mol. The fourth-order valence-corrected chi connectivity index (χ4v) is 3.43. The highest BCUT2D eigenvalue weighted by atomic mass is 16.7. The lowest BCUT2D eigenvalue weighted by atomic mass is 9.99. The van der Waals surface area contributed by atoms with Gasteiger partial charge < -0.3 is 54.7 Å². The largest absolute Gasteiger partial charge is 0.508 e. The van der Waals surface area contributed by atoms with Gasteiger partial charge in [0.25, 0.3) is 0 Å². The highest BCUT2D eigenvalue weighted by molar-refractivity contribution is 5.90. The third kappa shape index (κ3) is 3.87. The van der Waals surface area contributed by atoms with Crippen molar-refractivity contribution in [1.82, 2.24) is 0 Å². The van der Waals surface area contributed by atoms with Crippen molar-refractivity contribution >= 4 is 16.9 Å². The topological polar surface area (TPSA) is 228 Å². The number of rotatable bonds is 3. The number of carbonyl (C=O) groups is 1. The van der Waals surface area contributed by atoms with Crippen LogP contribution in [0.2, 0.25) is 0 Å². The van der Waals surface area contributed by atoms with Gasteiger partial charge in [0.05, 0.1) is 0 Å². The summed E-state index contributed by atoms with van der Waals surface area (Å²) in [5.74, 6) is -5.14. The molecule has 13 heteroatoms. The van der Waals surface area contributed by atoms with E-state index in [1.807, 2.05) is 0 Å². The summed E-state index contributed by atoms with van der Waals surface area (Å²) in [6, 6.07) is 5.03. The summed E-state index contributed by atoms with van der Waals surface area (Å²) in [5.41, 5.74) is -1.52. The Morgan fingerprint density at radius 3 is 2.24 bits per heavy atom. The molecule has 2 aromatic carbocycles. The molecule has 0 amide bonds. The number of esters is 1. The molecule has 8 N–H and O–H groups in total. The third-order valence-corrected chi connectivity index (χ3v) is 5.18. The minimum absolute atomic E-state index is 0.0828. The zero-order chi connectivity index (χ0) is 24.9. The van der Waals surface area contributed by atoms with Crippen LogP contribution >= 0.6 is 0 Å². The van der Waals surface area contributed by atoms with Gasteiger partial charge in [-0.2, -0.15) is 0 Å². The molecule has 0 saturated carbocycles. The van der Waals surface area contributed by atoms with E-state index in [1.54, 1.807) is 0 Å². The van der Waals surface area contributed by atoms with Gasteiger partial charge in [-0.25, -0.2) is 4.79 Å². The van der Waals surface area contributed by atoms with Crippen LogP contribution in [0.15, 0.2) is 39.5 Å². The molecule has 0 bridgehead atoms. The lowest BCUT2D eigenvalue weighted by molar-refractivity contribution is -0.279. The highest BCUT2D eigenvalue weighted by Crippen LogP contribution is 2.38. The Morgan fingerprint density at radius 2 is 1.56 bits per heavy atom. The Kier molecular flexibility index (Phi) is 5.80. The molecule has 5 atom stereocenters. The first kappa shape index (κ1) is 23.3. The zero-order valence-corrected chi connectivity index (χ0v) is 16.9. The number of aromatic hydroxyl groups is 4. The summed E-state index contributed by atoms with van der Waals surface area (Å²) in [6.45, 7) is 0. The van der Waals surface area contributed by atoms with Crippen LogP contribution < -0.4 is 10.2 Å². The van der Waals surface area contributed by atoms with Crippen LogP contribution in [0.5, 0.6) is 28.7 Å². The fourth-order valence-electron chi connectivity index (χ4n) is 3.43. The number of aliphatic hydroxyl groups is 4. The molecule has 1 saturated heterocycles. The molecule has 1 aliphatic rings. The SMILES string of the molecule is O=C(Oc1c(-c2ccc(O)c(O)c2)oc2cc(O)cc(O)c2c1=O)C1OC(O)C(O)C(O)C1O. The minimum atomic E-state index is -2.07. The van der Waals surface area contributed by atoms with E-state index in [2.05, 4.69) is 0 Å². The van der Waals surface area contributed by atoms with Crippen LogP contribution in [0.25, 0.3) is 22.3 Å². The molecule has 180 valence electrons. The first-order valence-electron chi connectivity index (χ1n) is 9.64. The van der Waals surface area contributed by atoms with E-state index in [0.29, 0.717) is 0 Å². The standard InChI is InChI=1S/C21H18O13/c22-7-4-10(25)12-11(5-7)32-17(6-1-2-8(23)9(24)3-6)18(13(12)26)33-21(31)19-15(28)14(27)16(29)20(30)34-19/h1-5,14-16,19-20,22-25,27-30H. The molecule has 3 aromatic rings. The molecule has 1 aromatic heterocycles. The van der Waals surface area contributed by atoms with Crippen molar-refractivity contribution in [2.75, 3.05) is 0 Å². The molecule has 0 spiro atoms. The van der Waals surface area contributed by atoms with E-state index < -0.39 is 82.0 Å². The molecule has 4 rings (SSSR count). The molecule has 1 fully saturated rings. The maximum absolute atomic E-state index is 13.2. The maximum Gasteiger partial charge on any atom is 0.343 e. The van der Waals surface area contributed by atoms with Gasteiger partial charge in [-0.1, -0.05) is 0 Å². The molecule has 1 aliphatic heterocycles. The molecule has 2 heterocycles. The molecule has 34 heavy (non-hydrogen) atoms. The van der Waals surface area contributed by atoms with Crippen LogP contribution in [0.4, 0.5) is 0 Å². The zero-order valence-electron chi connectivity index (χ0n) is 16.9. The second-order valence-electron chi connectivity index (χ2n) is 7.47. The summed E-state index contributed by atoms with van der Waals surface area (Å²) >= 11 is 0. The van der Waals surface area contributed by atoms with E-state index in [0.717, 1.165) is 24.3 Å². The number of phenolic OH excluding ortho intramolecular Hbond substituents is 4. The average Bonchev–Trinajstić information content (AvgIpc) is 2.77. The van der Waals surface area contributed by atoms with Gasteiger partial charge in [0, 0.05) is 17.7 Å². The van der Waals surface area contributed by atoms with Crippen molar-refractivity contribution < 1.29 is 59.5 Å². The maximum atomic E-state index is 13.2. The lowest BCUT2D eigenvalue weighted by Gasteiger charge is -2.36. The van der Waals surface area contributed by atoms with Gasteiger partial charge >= 0.3 is 5.97 Å². The van der Waals surface area contributed by atoms with Crippen LogP contribution in [-0.2, 0) is 9.53 Å². The molecule has 5 unspecified atom stereocenters. The number of carbonyl (C=O) groups excluding carboxylic acids is 1. The Morgan fingerprint density at radius 1 is 0.853 bits per heavy atom. The number of benzene rings is 2. The Balaban J connectivity index is 1.86. The van der Waals surface area contributed by atoms with E-state index in [9.17, 15) is 50.4 Å². The van der Waals surface area contributed by atoms with Crippen molar-refractivity contribution in [1.29, 1.82) is 0 Å². The first-order chi connectivity index (χ1) is 16.0. The summed E-state index contributed by atoms with van der Waals surface area (Å²) in [6.07, 6.45) is -10.1. The highest BCUT2D eigenvalue weighted by Gasteiger charge is 2.47. The normalized spacial score (nSPS) is 24.8. The minimum Gasteiger partial charge on any atom is -0.508 e. The van der Waals surface area contributed by atoms with E-state index >= 15 is 0 Å². The predicted molar refractivity (Wildman–Crippen MR) is 109 cm³/mol. The molecular formula is C21H18O13. The van der Waals surface area contributed by atoms with Crippen molar-refractivity contribution in [3.05, 3.63) is 40.6 Å². The van der Waals surface area contributed by atoms with E-state index in [1.165, 1.54) is 6.07 Å². The van der Waals surface area contributed by atoms with Crippen LogP contribution in [0.1, 0.15) is 0 Å². The average molecular weight is 478 g/mol. The lowest BCUT2D eigenvalue weighted by Crippen LogP contribution is -2.60. The van der Waals surface area contributed by atoms with Gasteiger partial charge in [0.15, 0.2) is 29.7 Å². The predicted octanol–water partition coefficient (Wildman–Crippen LogP) is -1.01. The number of fused-ring (bicyclic) bond motifs is 1.